The number of hydrogen-bond donors (Lipinski definition) is 2. The lowest BCUT2D eigenvalue weighted by molar-refractivity contribution is -0.0332. The highest BCUT2D eigenvalue weighted by molar-refractivity contribution is 5.95. The Labute approximate surface area is 166 Å². The van der Waals surface area contributed by atoms with Gasteiger partial charge in [0.2, 0.25) is 0 Å². The zero-order valence-electron chi connectivity index (χ0n) is 16.3. The maximum absolute atomic E-state index is 14.8. The summed E-state index contributed by atoms with van der Waals surface area (Å²) in [6.07, 6.45) is 4.31. The van der Waals surface area contributed by atoms with Gasteiger partial charge in [-0.2, -0.15) is 8.78 Å². The summed E-state index contributed by atoms with van der Waals surface area (Å²) in [7, 11) is 0. The average molecular weight is 400 g/mol. The van der Waals surface area contributed by atoms with Gasteiger partial charge in [0, 0.05) is 47.5 Å². The predicted molar refractivity (Wildman–Crippen MR) is 104 cm³/mol. The summed E-state index contributed by atoms with van der Waals surface area (Å²) < 4.78 is 35.1. The first-order valence-electron chi connectivity index (χ1n) is 9.54. The monoisotopic (exact) mass is 400 g/mol. The number of hydrogen-bond acceptors (Lipinski definition) is 4. The van der Waals surface area contributed by atoms with Crippen molar-refractivity contribution in [3.05, 3.63) is 58.8 Å². The zero-order chi connectivity index (χ0) is 20.6. The number of benzene rings is 1. The van der Waals surface area contributed by atoms with Crippen molar-refractivity contribution in [2.24, 2.45) is 0 Å². The number of carbonyl (C=O) groups is 1. The Hall–Kier alpha value is -2.87. The fourth-order valence-corrected chi connectivity index (χ4v) is 3.83. The quantitative estimate of drug-likeness (QED) is 0.650. The highest BCUT2D eigenvalue weighted by Gasteiger charge is 2.35. The minimum absolute atomic E-state index is 0.0212. The van der Waals surface area contributed by atoms with E-state index < -0.39 is 12.0 Å². The maximum atomic E-state index is 14.8. The van der Waals surface area contributed by atoms with Gasteiger partial charge in [-0.3, -0.25) is 10.1 Å². The Morgan fingerprint density at radius 2 is 2.03 bits per heavy atom. The van der Waals surface area contributed by atoms with Crippen molar-refractivity contribution in [3.8, 4) is 0 Å². The van der Waals surface area contributed by atoms with Gasteiger partial charge in [0.05, 0.1) is 11.3 Å². The van der Waals surface area contributed by atoms with Gasteiger partial charge in [-0.1, -0.05) is 0 Å². The van der Waals surface area contributed by atoms with E-state index in [9.17, 15) is 13.6 Å². The minimum Gasteiger partial charge on any atom is -0.381 e. The van der Waals surface area contributed by atoms with Crippen molar-refractivity contribution in [3.63, 3.8) is 0 Å². The summed E-state index contributed by atoms with van der Waals surface area (Å²) in [4.78, 5) is 23.3. The third-order valence-corrected chi connectivity index (χ3v) is 5.52. The summed E-state index contributed by atoms with van der Waals surface area (Å²) in [6, 6.07) is 0.882. The molecule has 4 rings (SSSR count). The Bertz CT molecular complexity index is 1060. The molecule has 1 aliphatic heterocycles. The van der Waals surface area contributed by atoms with Crippen LogP contribution in [0.15, 0.2) is 30.7 Å². The van der Waals surface area contributed by atoms with Crippen LogP contribution in [0.4, 0.5) is 8.78 Å². The van der Waals surface area contributed by atoms with Crippen LogP contribution in [0.1, 0.15) is 51.6 Å². The van der Waals surface area contributed by atoms with E-state index in [1.165, 1.54) is 24.7 Å². The average Bonchev–Trinajstić information content (AvgIpc) is 3.05. The number of amides is 1. The Kier molecular flexibility index (Phi) is 5.04. The van der Waals surface area contributed by atoms with Gasteiger partial charge in [0.1, 0.15) is 6.33 Å². The normalized spacial score (nSPS) is 15.6. The molecule has 0 atom stereocenters. The number of alkyl halides is 2. The lowest BCUT2D eigenvalue weighted by atomic mass is 9.93. The van der Waals surface area contributed by atoms with Gasteiger partial charge in [-0.05, 0) is 50.5 Å². The number of nitrogens with one attached hydrogen (secondary N) is 2. The first kappa shape index (κ1) is 19.4. The van der Waals surface area contributed by atoms with Gasteiger partial charge in [-0.15, -0.1) is 0 Å². The van der Waals surface area contributed by atoms with Crippen molar-refractivity contribution >= 4 is 16.8 Å². The number of ether oxygens (including phenoxy) is 1. The highest BCUT2D eigenvalue weighted by atomic mass is 19.3. The van der Waals surface area contributed by atoms with E-state index in [0.29, 0.717) is 24.8 Å². The number of H-pyrrole nitrogens is 1. The summed E-state index contributed by atoms with van der Waals surface area (Å²) in [5, 5.41) is 2.54. The Morgan fingerprint density at radius 3 is 2.76 bits per heavy atom. The van der Waals surface area contributed by atoms with Crippen LogP contribution in [0.5, 0.6) is 0 Å². The fraction of sp³-hybridized carbons (Fsp3) is 0.381. The summed E-state index contributed by atoms with van der Waals surface area (Å²) in [5.74, 6) is -0.581. The van der Waals surface area contributed by atoms with Gasteiger partial charge in [0.25, 0.3) is 5.91 Å². The third-order valence-electron chi connectivity index (χ3n) is 5.52. The van der Waals surface area contributed by atoms with E-state index in [-0.39, 0.29) is 11.1 Å². The van der Waals surface area contributed by atoms with E-state index in [1.807, 2.05) is 6.92 Å². The zero-order valence-corrected chi connectivity index (χ0v) is 16.3. The molecule has 0 unspecified atom stereocenters. The number of halogens is 2. The molecule has 0 radical (unpaired) electrons. The number of carbonyl (C=O) groups excluding carboxylic acids is 1. The van der Waals surface area contributed by atoms with Crippen LogP contribution in [-0.2, 0) is 10.8 Å². The SMILES string of the molecule is Cc1ncncc1C(=O)NC(F)(F)c1ccc2[nH]c(C3CCOCC3)c(C)c2c1. The van der Waals surface area contributed by atoms with Crippen molar-refractivity contribution in [2.75, 3.05) is 13.2 Å². The standard InChI is InChI=1S/C21H22F2N4O2/c1-12-16-9-15(3-4-18(16)26-19(12)14-5-7-29-8-6-14)21(22,23)27-20(28)17-10-24-11-25-13(17)2/h3-4,9-11,14,26H,5-8H2,1-2H3,(H,27,28). The van der Waals surface area contributed by atoms with Crippen LogP contribution in [0, 0.1) is 13.8 Å². The van der Waals surface area contributed by atoms with E-state index in [4.69, 9.17) is 4.74 Å². The molecule has 2 aromatic heterocycles. The van der Waals surface area contributed by atoms with Crippen LogP contribution in [0.2, 0.25) is 0 Å². The van der Waals surface area contributed by atoms with Crippen LogP contribution in [0.25, 0.3) is 10.9 Å². The van der Waals surface area contributed by atoms with Crippen molar-refractivity contribution < 1.29 is 18.3 Å². The highest BCUT2D eigenvalue weighted by Crippen LogP contribution is 2.35. The van der Waals surface area contributed by atoms with Gasteiger partial charge >= 0.3 is 6.05 Å². The first-order valence-corrected chi connectivity index (χ1v) is 9.54. The minimum atomic E-state index is -3.53. The van der Waals surface area contributed by atoms with Crippen LogP contribution < -0.4 is 5.32 Å². The molecule has 3 aromatic rings. The summed E-state index contributed by atoms with van der Waals surface area (Å²) >= 11 is 0. The second-order valence-corrected chi connectivity index (χ2v) is 7.36. The molecule has 1 aromatic carbocycles. The molecule has 8 heteroatoms. The van der Waals surface area contributed by atoms with Crippen molar-refractivity contribution in [1.82, 2.24) is 20.3 Å². The molecule has 1 aliphatic rings. The number of nitrogens with zero attached hydrogens (tertiary/aromatic N) is 2. The molecule has 0 aliphatic carbocycles. The van der Waals surface area contributed by atoms with Crippen molar-refractivity contribution in [2.45, 2.75) is 38.7 Å². The summed E-state index contributed by atoms with van der Waals surface area (Å²) in [6.45, 7) is 4.92. The third kappa shape index (κ3) is 3.72. The van der Waals surface area contributed by atoms with E-state index in [1.54, 1.807) is 18.3 Å². The van der Waals surface area contributed by atoms with E-state index >= 15 is 0 Å². The molecule has 0 spiro atoms. The molecule has 3 heterocycles. The topological polar surface area (TPSA) is 79.9 Å². The van der Waals surface area contributed by atoms with E-state index in [0.717, 1.165) is 35.0 Å². The largest absolute Gasteiger partial charge is 0.381 e. The molecule has 1 amide bonds. The van der Waals surface area contributed by atoms with Gasteiger partial charge in [-0.25, -0.2) is 9.97 Å². The number of rotatable bonds is 4. The van der Waals surface area contributed by atoms with Gasteiger partial charge < -0.3 is 9.72 Å². The van der Waals surface area contributed by atoms with E-state index in [2.05, 4.69) is 15.0 Å². The summed E-state index contributed by atoms with van der Waals surface area (Å²) in [5.41, 5.74) is 2.93. The number of fused-ring (bicyclic) bond motifs is 1. The molecule has 152 valence electrons. The van der Waals surface area contributed by atoms with Crippen LogP contribution >= 0.6 is 0 Å². The fourth-order valence-electron chi connectivity index (χ4n) is 3.83. The second-order valence-electron chi connectivity index (χ2n) is 7.36. The smallest absolute Gasteiger partial charge is 0.352 e. The molecule has 0 bridgehead atoms. The van der Waals surface area contributed by atoms with Crippen molar-refractivity contribution in [1.29, 1.82) is 0 Å². The molecule has 1 fully saturated rings. The van der Waals surface area contributed by atoms with Crippen LogP contribution in [-0.4, -0.2) is 34.1 Å². The molecule has 0 saturated carbocycles. The lowest BCUT2D eigenvalue weighted by Gasteiger charge is -2.21. The molecule has 2 N–H and O–H groups in total. The van der Waals surface area contributed by atoms with Crippen LogP contribution in [0.3, 0.4) is 0 Å². The second kappa shape index (κ2) is 7.51. The predicted octanol–water partition coefficient (Wildman–Crippen LogP) is 3.95. The molecular formula is C21H22F2N4O2. The molecular weight excluding hydrogens is 378 g/mol. The molecule has 1 saturated heterocycles. The molecule has 6 nitrogen and oxygen atoms in total. The Balaban J connectivity index is 1.63. The lowest BCUT2D eigenvalue weighted by Crippen LogP contribution is -2.39. The number of aromatic nitrogens is 3. The number of aryl methyl sites for hydroxylation is 2. The maximum Gasteiger partial charge on any atom is 0.352 e. The number of aromatic amines is 1. The molecule has 29 heavy (non-hydrogen) atoms. The van der Waals surface area contributed by atoms with Gasteiger partial charge in [0.15, 0.2) is 0 Å². The Morgan fingerprint density at radius 1 is 1.28 bits per heavy atom. The first-order chi connectivity index (χ1) is 13.9.